The standard InChI is InChI=1S/C13H18N2O2/c1-17-12-6-4-10(5-7-12)13(16)15-11-3-2-8-14-9-11/h4-7,11,14H,2-3,8-9H2,1H3,(H,15,16). The van der Waals surface area contributed by atoms with Crippen molar-refractivity contribution in [3.8, 4) is 5.75 Å². The Hall–Kier alpha value is -1.55. The molecule has 0 aromatic heterocycles. The van der Waals surface area contributed by atoms with Gasteiger partial charge in [0.15, 0.2) is 0 Å². The zero-order valence-corrected chi connectivity index (χ0v) is 10.0. The molecule has 1 fully saturated rings. The minimum atomic E-state index is -0.0126. The summed E-state index contributed by atoms with van der Waals surface area (Å²) in [6.07, 6.45) is 2.17. The van der Waals surface area contributed by atoms with Crippen LogP contribution in [0, 0.1) is 0 Å². The van der Waals surface area contributed by atoms with Gasteiger partial charge in [-0.15, -0.1) is 0 Å². The van der Waals surface area contributed by atoms with E-state index in [0.717, 1.165) is 31.7 Å². The van der Waals surface area contributed by atoms with Gasteiger partial charge < -0.3 is 15.4 Å². The molecule has 2 N–H and O–H groups in total. The average Bonchev–Trinajstić information content (AvgIpc) is 2.40. The highest BCUT2D eigenvalue weighted by atomic mass is 16.5. The van der Waals surface area contributed by atoms with E-state index in [1.807, 2.05) is 0 Å². The molecule has 1 atom stereocenters. The lowest BCUT2D eigenvalue weighted by Crippen LogP contribution is -2.45. The first kappa shape index (κ1) is 11.9. The van der Waals surface area contributed by atoms with Crippen LogP contribution in [0.15, 0.2) is 24.3 Å². The van der Waals surface area contributed by atoms with Gasteiger partial charge in [-0.05, 0) is 43.7 Å². The van der Waals surface area contributed by atoms with Crippen molar-refractivity contribution in [2.45, 2.75) is 18.9 Å². The van der Waals surface area contributed by atoms with E-state index in [2.05, 4.69) is 10.6 Å². The van der Waals surface area contributed by atoms with Gasteiger partial charge in [0, 0.05) is 18.2 Å². The van der Waals surface area contributed by atoms with Crippen molar-refractivity contribution in [2.75, 3.05) is 20.2 Å². The Labute approximate surface area is 101 Å². The zero-order valence-electron chi connectivity index (χ0n) is 10.0. The van der Waals surface area contributed by atoms with Crippen molar-refractivity contribution >= 4 is 5.91 Å². The van der Waals surface area contributed by atoms with E-state index in [0.29, 0.717) is 5.56 Å². The van der Waals surface area contributed by atoms with Crippen molar-refractivity contribution in [2.24, 2.45) is 0 Å². The van der Waals surface area contributed by atoms with Crippen LogP contribution in [0.4, 0.5) is 0 Å². The molecule has 4 nitrogen and oxygen atoms in total. The summed E-state index contributed by atoms with van der Waals surface area (Å²) in [5.74, 6) is 0.752. The largest absolute Gasteiger partial charge is 0.497 e. The van der Waals surface area contributed by atoms with Gasteiger partial charge in [-0.3, -0.25) is 4.79 Å². The summed E-state index contributed by atoms with van der Waals surface area (Å²) >= 11 is 0. The quantitative estimate of drug-likeness (QED) is 0.825. The second-order valence-corrected chi connectivity index (χ2v) is 4.25. The molecule has 0 bridgehead atoms. The predicted molar refractivity (Wildman–Crippen MR) is 66.4 cm³/mol. The Morgan fingerprint density at radius 2 is 2.18 bits per heavy atom. The summed E-state index contributed by atoms with van der Waals surface area (Å²) in [7, 11) is 1.61. The van der Waals surface area contributed by atoms with Crippen molar-refractivity contribution in [3.05, 3.63) is 29.8 Å². The molecule has 1 aromatic rings. The van der Waals surface area contributed by atoms with Crippen LogP contribution in [0.25, 0.3) is 0 Å². The minimum Gasteiger partial charge on any atom is -0.497 e. The Kier molecular flexibility index (Phi) is 3.98. The number of carbonyl (C=O) groups excluding carboxylic acids is 1. The molecule has 0 spiro atoms. The van der Waals surface area contributed by atoms with Gasteiger partial charge in [0.2, 0.25) is 0 Å². The summed E-state index contributed by atoms with van der Waals surface area (Å²) in [5, 5.41) is 6.31. The van der Waals surface area contributed by atoms with Gasteiger partial charge in [0.1, 0.15) is 5.75 Å². The van der Waals surface area contributed by atoms with Crippen LogP contribution in [0.1, 0.15) is 23.2 Å². The highest BCUT2D eigenvalue weighted by Crippen LogP contribution is 2.11. The predicted octanol–water partition coefficient (Wildman–Crippen LogP) is 1.18. The average molecular weight is 234 g/mol. The van der Waals surface area contributed by atoms with E-state index in [4.69, 9.17) is 4.74 Å². The fourth-order valence-corrected chi connectivity index (χ4v) is 1.99. The van der Waals surface area contributed by atoms with E-state index in [9.17, 15) is 4.79 Å². The molecule has 1 aliphatic rings. The van der Waals surface area contributed by atoms with Crippen molar-refractivity contribution in [3.63, 3.8) is 0 Å². The summed E-state index contributed by atoms with van der Waals surface area (Å²) < 4.78 is 5.06. The topological polar surface area (TPSA) is 50.4 Å². The second-order valence-electron chi connectivity index (χ2n) is 4.25. The molecular weight excluding hydrogens is 216 g/mol. The first-order chi connectivity index (χ1) is 8.29. The molecule has 1 saturated heterocycles. The number of piperidine rings is 1. The maximum absolute atomic E-state index is 11.9. The third-order valence-corrected chi connectivity index (χ3v) is 2.98. The summed E-state index contributed by atoms with van der Waals surface area (Å²) in [6, 6.07) is 7.41. The first-order valence-electron chi connectivity index (χ1n) is 5.95. The van der Waals surface area contributed by atoms with Crippen molar-refractivity contribution in [1.82, 2.24) is 10.6 Å². The van der Waals surface area contributed by atoms with Gasteiger partial charge in [-0.2, -0.15) is 0 Å². The van der Waals surface area contributed by atoms with Crippen molar-refractivity contribution < 1.29 is 9.53 Å². The molecule has 0 radical (unpaired) electrons. The number of ether oxygens (including phenoxy) is 1. The fraction of sp³-hybridized carbons (Fsp3) is 0.462. The molecule has 1 heterocycles. The molecule has 4 heteroatoms. The third-order valence-electron chi connectivity index (χ3n) is 2.98. The molecular formula is C13H18N2O2. The summed E-state index contributed by atoms with van der Waals surface area (Å²) in [4.78, 5) is 11.9. The highest BCUT2D eigenvalue weighted by molar-refractivity contribution is 5.94. The number of methoxy groups -OCH3 is 1. The Morgan fingerprint density at radius 1 is 1.41 bits per heavy atom. The third kappa shape index (κ3) is 3.20. The first-order valence-corrected chi connectivity index (χ1v) is 5.95. The van der Waals surface area contributed by atoms with Crippen LogP contribution in [-0.4, -0.2) is 32.1 Å². The molecule has 1 unspecified atom stereocenters. The monoisotopic (exact) mass is 234 g/mol. The molecule has 1 aliphatic heterocycles. The van der Waals surface area contributed by atoms with E-state index in [1.54, 1.807) is 31.4 Å². The number of carbonyl (C=O) groups is 1. The molecule has 0 saturated carbocycles. The van der Waals surface area contributed by atoms with Crippen molar-refractivity contribution in [1.29, 1.82) is 0 Å². The number of benzene rings is 1. The van der Waals surface area contributed by atoms with Gasteiger partial charge in [0.25, 0.3) is 5.91 Å². The Balaban J connectivity index is 1.93. The van der Waals surface area contributed by atoms with E-state index >= 15 is 0 Å². The summed E-state index contributed by atoms with van der Waals surface area (Å²) in [5.41, 5.74) is 0.677. The van der Waals surface area contributed by atoms with Crippen LogP contribution in [0.5, 0.6) is 5.75 Å². The molecule has 2 rings (SSSR count). The summed E-state index contributed by atoms with van der Waals surface area (Å²) in [6.45, 7) is 1.91. The van der Waals surface area contributed by atoms with Gasteiger partial charge in [-0.1, -0.05) is 0 Å². The highest BCUT2D eigenvalue weighted by Gasteiger charge is 2.16. The number of nitrogens with one attached hydrogen (secondary N) is 2. The maximum Gasteiger partial charge on any atom is 0.251 e. The Bertz CT molecular complexity index is 370. The van der Waals surface area contributed by atoms with Crippen LogP contribution in [0.3, 0.4) is 0 Å². The molecule has 17 heavy (non-hydrogen) atoms. The SMILES string of the molecule is COc1ccc(C(=O)NC2CCCNC2)cc1. The van der Waals surface area contributed by atoms with Crippen LogP contribution in [0.2, 0.25) is 0 Å². The number of rotatable bonds is 3. The van der Waals surface area contributed by atoms with E-state index in [-0.39, 0.29) is 11.9 Å². The number of hydrogen-bond acceptors (Lipinski definition) is 3. The van der Waals surface area contributed by atoms with Crippen LogP contribution < -0.4 is 15.4 Å². The van der Waals surface area contributed by atoms with E-state index < -0.39 is 0 Å². The van der Waals surface area contributed by atoms with Gasteiger partial charge in [0.05, 0.1) is 7.11 Å². The van der Waals surface area contributed by atoms with Crippen LogP contribution >= 0.6 is 0 Å². The second kappa shape index (κ2) is 5.68. The zero-order chi connectivity index (χ0) is 12.1. The van der Waals surface area contributed by atoms with E-state index in [1.165, 1.54) is 0 Å². The Morgan fingerprint density at radius 3 is 2.76 bits per heavy atom. The lowest BCUT2D eigenvalue weighted by atomic mass is 10.1. The molecule has 1 amide bonds. The lowest BCUT2D eigenvalue weighted by molar-refractivity contribution is 0.0930. The van der Waals surface area contributed by atoms with Gasteiger partial charge in [-0.25, -0.2) is 0 Å². The maximum atomic E-state index is 11.9. The molecule has 92 valence electrons. The number of amides is 1. The van der Waals surface area contributed by atoms with Crippen LogP contribution in [-0.2, 0) is 0 Å². The molecule has 1 aromatic carbocycles. The minimum absolute atomic E-state index is 0.0126. The van der Waals surface area contributed by atoms with Gasteiger partial charge >= 0.3 is 0 Å². The molecule has 0 aliphatic carbocycles. The fourth-order valence-electron chi connectivity index (χ4n) is 1.99. The normalized spacial score (nSPS) is 19.7. The lowest BCUT2D eigenvalue weighted by Gasteiger charge is -2.23. The smallest absolute Gasteiger partial charge is 0.251 e. The number of hydrogen-bond donors (Lipinski definition) is 2.